The molecule has 1 atom stereocenters. The standard InChI is InChI=1S/C26H35N5O5/c1-17-15-31(22-20(17)13-19(14-27-22)30-10-6-21(32)28-23(30)33)18-5-7-26(35-16-18)8-11-29(12-9-26)24(34)36-25(2,3)4/h13-15,18H,5-12,16H2,1-4H3,(H,28,32,33)/t18-/m1/s1. The lowest BCUT2D eigenvalue weighted by molar-refractivity contribution is -0.124. The maximum absolute atomic E-state index is 12.4. The Bertz CT molecular complexity index is 1180. The van der Waals surface area contributed by atoms with Gasteiger partial charge in [-0.1, -0.05) is 0 Å². The number of ether oxygens (including phenoxy) is 2. The Kier molecular flexibility index (Phi) is 6.18. The van der Waals surface area contributed by atoms with Crippen LogP contribution in [0.2, 0.25) is 0 Å². The molecule has 2 aromatic heterocycles. The number of nitrogens with one attached hydrogen (secondary N) is 1. The van der Waals surface area contributed by atoms with Gasteiger partial charge in [-0.15, -0.1) is 0 Å². The number of nitrogens with zero attached hydrogens (tertiary/aromatic N) is 4. The van der Waals surface area contributed by atoms with Gasteiger partial charge < -0.3 is 18.9 Å². The van der Waals surface area contributed by atoms with E-state index in [1.165, 1.54) is 0 Å². The summed E-state index contributed by atoms with van der Waals surface area (Å²) >= 11 is 0. The molecule has 3 saturated heterocycles. The second kappa shape index (κ2) is 9.06. The fraction of sp³-hybridized carbons (Fsp3) is 0.615. The third kappa shape index (κ3) is 4.78. The number of rotatable bonds is 2. The van der Waals surface area contributed by atoms with Crippen molar-refractivity contribution in [2.75, 3.05) is 31.1 Å². The first-order valence-electron chi connectivity index (χ1n) is 12.7. The van der Waals surface area contributed by atoms with E-state index in [9.17, 15) is 14.4 Å². The summed E-state index contributed by atoms with van der Waals surface area (Å²) < 4.78 is 14.2. The van der Waals surface area contributed by atoms with E-state index >= 15 is 0 Å². The zero-order chi connectivity index (χ0) is 25.7. The molecule has 4 amide bonds. The Balaban J connectivity index is 1.24. The topological polar surface area (TPSA) is 106 Å². The van der Waals surface area contributed by atoms with Crippen LogP contribution < -0.4 is 10.2 Å². The number of likely N-dealkylation sites (tertiary alicyclic amines) is 1. The average molecular weight is 498 g/mol. The van der Waals surface area contributed by atoms with Gasteiger partial charge in [0.1, 0.15) is 11.2 Å². The van der Waals surface area contributed by atoms with E-state index in [1.54, 1.807) is 16.0 Å². The number of anilines is 1. The van der Waals surface area contributed by atoms with Gasteiger partial charge in [0.25, 0.3) is 0 Å². The third-order valence-corrected chi connectivity index (χ3v) is 7.45. The molecule has 10 heteroatoms. The number of imide groups is 1. The highest BCUT2D eigenvalue weighted by Crippen LogP contribution is 2.40. The number of fused-ring (bicyclic) bond motifs is 1. The van der Waals surface area contributed by atoms with Gasteiger partial charge in [-0.2, -0.15) is 0 Å². The number of carbonyl (C=O) groups excluding carboxylic acids is 3. The first-order valence-corrected chi connectivity index (χ1v) is 12.7. The van der Waals surface area contributed by atoms with Crippen molar-refractivity contribution in [2.24, 2.45) is 0 Å². The molecule has 194 valence electrons. The summed E-state index contributed by atoms with van der Waals surface area (Å²) in [7, 11) is 0. The molecule has 1 N–H and O–H groups in total. The highest BCUT2D eigenvalue weighted by atomic mass is 16.6. The van der Waals surface area contributed by atoms with Crippen LogP contribution in [0.15, 0.2) is 18.5 Å². The van der Waals surface area contributed by atoms with Crippen molar-refractivity contribution in [3.8, 4) is 0 Å². The first-order chi connectivity index (χ1) is 17.0. The number of hydrogen-bond acceptors (Lipinski definition) is 6. The van der Waals surface area contributed by atoms with Gasteiger partial charge in [-0.3, -0.25) is 15.0 Å². The Morgan fingerprint density at radius 3 is 2.58 bits per heavy atom. The van der Waals surface area contributed by atoms with Crippen molar-refractivity contribution >= 4 is 34.8 Å². The van der Waals surface area contributed by atoms with Crippen LogP contribution in [0.25, 0.3) is 11.0 Å². The fourth-order valence-electron chi connectivity index (χ4n) is 5.41. The monoisotopic (exact) mass is 497 g/mol. The molecule has 0 radical (unpaired) electrons. The highest BCUT2D eigenvalue weighted by molar-refractivity contribution is 6.06. The van der Waals surface area contributed by atoms with Gasteiger partial charge in [0.15, 0.2) is 0 Å². The van der Waals surface area contributed by atoms with E-state index in [-0.39, 0.29) is 30.1 Å². The van der Waals surface area contributed by atoms with Crippen LogP contribution in [0.5, 0.6) is 0 Å². The summed E-state index contributed by atoms with van der Waals surface area (Å²) in [6.07, 6.45) is 7.36. The first kappa shape index (κ1) is 24.5. The Labute approximate surface area is 210 Å². The summed E-state index contributed by atoms with van der Waals surface area (Å²) in [6, 6.07) is 1.74. The van der Waals surface area contributed by atoms with Crippen LogP contribution >= 0.6 is 0 Å². The van der Waals surface area contributed by atoms with Crippen molar-refractivity contribution in [3.05, 3.63) is 24.0 Å². The molecule has 0 saturated carbocycles. The Morgan fingerprint density at radius 1 is 1.19 bits per heavy atom. The van der Waals surface area contributed by atoms with Crippen molar-refractivity contribution in [1.82, 2.24) is 19.8 Å². The molecule has 3 fully saturated rings. The summed E-state index contributed by atoms with van der Waals surface area (Å²) in [5.41, 5.74) is 1.95. The molecule has 3 aliphatic heterocycles. The molecule has 5 heterocycles. The van der Waals surface area contributed by atoms with Crippen LogP contribution in [0, 0.1) is 6.92 Å². The minimum Gasteiger partial charge on any atom is -0.444 e. The summed E-state index contributed by atoms with van der Waals surface area (Å²) in [5.74, 6) is -0.252. The Hall–Kier alpha value is -3.14. The highest BCUT2D eigenvalue weighted by Gasteiger charge is 2.41. The normalized spacial score (nSPS) is 22.7. The molecule has 1 spiro atoms. The largest absolute Gasteiger partial charge is 0.444 e. The van der Waals surface area contributed by atoms with E-state index < -0.39 is 11.6 Å². The van der Waals surface area contributed by atoms with Gasteiger partial charge in [0.2, 0.25) is 5.91 Å². The lowest BCUT2D eigenvalue weighted by Crippen LogP contribution is -2.51. The molecule has 0 aromatic carbocycles. The molecule has 5 rings (SSSR count). The molecule has 0 aliphatic carbocycles. The zero-order valence-corrected chi connectivity index (χ0v) is 21.5. The van der Waals surface area contributed by atoms with Gasteiger partial charge in [-0.05, 0) is 65.0 Å². The molecular weight excluding hydrogens is 462 g/mol. The summed E-state index contributed by atoms with van der Waals surface area (Å²) in [5, 5.41) is 3.35. The lowest BCUT2D eigenvalue weighted by atomic mass is 9.83. The molecular formula is C26H35N5O5. The van der Waals surface area contributed by atoms with E-state index in [2.05, 4.69) is 16.1 Å². The molecule has 10 nitrogen and oxygen atoms in total. The Morgan fingerprint density at radius 2 is 1.94 bits per heavy atom. The molecule has 0 bridgehead atoms. The van der Waals surface area contributed by atoms with Gasteiger partial charge >= 0.3 is 12.1 Å². The smallest absolute Gasteiger partial charge is 0.410 e. The maximum atomic E-state index is 12.4. The second-order valence-corrected chi connectivity index (χ2v) is 11.2. The predicted octanol–water partition coefficient (Wildman–Crippen LogP) is 3.91. The molecule has 3 aliphatic rings. The van der Waals surface area contributed by atoms with Gasteiger partial charge in [0.05, 0.1) is 30.1 Å². The number of amides is 4. The maximum Gasteiger partial charge on any atom is 0.410 e. The average Bonchev–Trinajstić information content (AvgIpc) is 3.15. The minimum absolute atomic E-state index is 0.171. The van der Waals surface area contributed by atoms with Gasteiger partial charge in [-0.25, -0.2) is 14.6 Å². The summed E-state index contributed by atoms with van der Waals surface area (Å²) in [4.78, 5) is 44.2. The van der Waals surface area contributed by atoms with Gasteiger partial charge in [0, 0.05) is 37.6 Å². The molecule has 2 aromatic rings. The number of carbonyl (C=O) groups is 3. The number of aromatic nitrogens is 2. The molecule has 36 heavy (non-hydrogen) atoms. The lowest BCUT2D eigenvalue weighted by Gasteiger charge is -2.45. The van der Waals surface area contributed by atoms with Crippen LogP contribution in [0.3, 0.4) is 0 Å². The van der Waals surface area contributed by atoms with Crippen molar-refractivity contribution in [3.63, 3.8) is 0 Å². The minimum atomic E-state index is -0.494. The fourth-order valence-corrected chi connectivity index (χ4v) is 5.41. The van der Waals surface area contributed by atoms with Crippen LogP contribution in [0.4, 0.5) is 15.3 Å². The van der Waals surface area contributed by atoms with Crippen molar-refractivity contribution in [2.45, 2.75) is 77.0 Å². The van der Waals surface area contributed by atoms with E-state index in [4.69, 9.17) is 14.5 Å². The van der Waals surface area contributed by atoms with Crippen LogP contribution in [-0.2, 0) is 14.3 Å². The van der Waals surface area contributed by atoms with Crippen LogP contribution in [-0.4, -0.2) is 69.9 Å². The quantitative estimate of drug-likeness (QED) is 0.674. The van der Waals surface area contributed by atoms with Crippen molar-refractivity contribution < 1.29 is 23.9 Å². The molecule has 0 unspecified atom stereocenters. The summed E-state index contributed by atoms with van der Waals surface area (Å²) in [6.45, 7) is 9.93. The van der Waals surface area contributed by atoms with E-state index in [1.807, 2.05) is 33.8 Å². The van der Waals surface area contributed by atoms with E-state index in [0.717, 1.165) is 42.3 Å². The third-order valence-electron chi connectivity index (χ3n) is 7.45. The number of hydrogen-bond donors (Lipinski definition) is 1. The number of piperidine rings is 1. The number of aryl methyl sites for hydroxylation is 1. The number of urea groups is 1. The number of pyridine rings is 1. The zero-order valence-electron chi connectivity index (χ0n) is 21.5. The van der Waals surface area contributed by atoms with Crippen LogP contribution in [0.1, 0.15) is 64.5 Å². The van der Waals surface area contributed by atoms with E-state index in [0.29, 0.717) is 31.9 Å². The second-order valence-electron chi connectivity index (χ2n) is 11.2. The predicted molar refractivity (Wildman–Crippen MR) is 134 cm³/mol. The van der Waals surface area contributed by atoms with Crippen molar-refractivity contribution in [1.29, 1.82) is 0 Å². The SMILES string of the molecule is Cc1cn([C@@H]2CCC3(CCN(C(=O)OC(C)(C)C)CC3)OC2)c2ncc(N3CCC(=O)NC3=O)cc12.